The van der Waals surface area contributed by atoms with Crippen LogP contribution < -0.4 is 5.32 Å². The molecule has 3 heteroatoms. The monoisotopic (exact) mass is 189 g/mol. The number of hydrogen-bond acceptors (Lipinski definition) is 3. The molecule has 13 heavy (non-hydrogen) atoms. The lowest BCUT2D eigenvalue weighted by molar-refractivity contribution is -0.162. The molecule has 1 rings (SSSR count). The van der Waals surface area contributed by atoms with Gasteiger partial charge in [-0.2, -0.15) is 0 Å². The number of hydrogen-bond donors (Lipinski definition) is 1. The van der Waals surface area contributed by atoms with Gasteiger partial charge in [-0.15, -0.1) is 0 Å². The van der Waals surface area contributed by atoms with Crippen molar-refractivity contribution in [2.75, 3.05) is 27.3 Å². The summed E-state index contributed by atoms with van der Waals surface area (Å²) in [6.45, 7) is 3.84. The van der Waals surface area contributed by atoms with Crippen LogP contribution in [0.4, 0.5) is 0 Å². The van der Waals surface area contributed by atoms with E-state index in [9.17, 15) is 0 Å². The van der Waals surface area contributed by atoms with E-state index < -0.39 is 0 Å². The van der Waals surface area contributed by atoms with Gasteiger partial charge in [-0.25, -0.2) is 0 Å². The highest BCUT2D eigenvalue weighted by molar-refractivity contribution is 4.53. The van der Waals surface area contributed by atoms with Crippen molar-refractivity contribution in [3.05, 3.63) is 0 Å². The first kappa shape index (κ1) is 12.9. The van der Waals surface area contributed by atoms with Gasteiger partial charge in [0.1, 0.15) is 0 Å². The largest absolute Gasteiger partial charge is 0.353 e. The minimum atomic E-state index is 0.105. The van der Waals surface area contributed by atoms with E-state index in [1.54, 1.807) is 0 Å². The van der Waals surface area contributed by atoms with Crippen molar-refractivity contribution in [3.63, 3.8) is 0 Å². The fourth-order valence-electron chi connectivity index (χ4n) is 1.09. The summed E-state index contributed by atoms with van der Waals surface area (Å²) in [6.07, 6.45) is 4.73. The molecule has 0 aromatic heterocycles. The van der Waals surface area contributed by atoms with Crippen LogP contribution in [0.3, 0.4) is 0 Å². The third kappa shape index (κ3) is 8.22. The first-order valence-electron chi connectivity index (χ1n) is 5.16. The van der Waals surface area contributed by atoms with Crippen molar-refractivity contribution in [1.29, 1.82) is 0 Å². The van der Waals surface area contributed by atoms with Crippen molar-refractivity contribution in [3.8, 4) is 0 Å². The molecule has 1 saturated heterocycles. The van der Waals surface area contributed by atoms with Gasteiger partial charge >= 0.3 is 0 Å². The lowest BCUT2D eigenvalue weighted by Gasteiger charge is -2.22. The molecule has 1 aliphatic heterocycles. The molecular formula is C10H23NO2. The van der Waals surface area contributed by atoms with Gasteiger partial charge in [0, 0.05) is 13.2 Å². The Morgan fingerprint density at radius 3 is 2.54 bits per heavy atom. The van der Waals surface area contributed by atoms with E-state index in [1.165, 1.54) is 12.8 Å². The zero-order valence-electron chi connectivity index (χ0n) is 9.14. The predicted molar refractivity (Wildman–Crippen MR) is 54.8 cm³/mol. The molecule has 1 N–H and O–H groups in total. The molecular weight excluding hydrogens is 166 g/mol. The summed E-state index contributed by atoms with van der Waals surface area (Å²) >= 11 is 0. The zero-order chi connectivity index (χ0) is 9.94. The molecule has 0 bridgehead atoms. The van der Waals surface area contributed by atoms with Gasteiger partial charge in [-0.05, 0) is 39.8 Å². The molecule has 1 unspecified atom stereocenters. The Balaban J connectivity index is 0.000000424. The Kier molecular flexibility index (Phi) is 9.87. The summed E-state index contributed by atoms with van der Waals surface area (Å²) in [5, 5.41) is 2.75. The second kappa shape index (κ2) is 9.96. The fourth-order valence-corrected chi connectivity index (χ4v) is 1.09. The summed E-state index contributed by atoms with van der Waals surface area (Å²) in [5.74, 6) is 0. The molecule has 0 amide bonds. The summed E-state index contributed by atoms with van der Waals surface area (Å²) in [4.78, 5) is 0. The quantitative estimate of drug-likeness (QED) is 0.734. The van der Waals surface area contributed by atoms with E-state index in [0.29, 0.717) is 0 Å². The first-order chi connectivity index (χ1) is 6.35. The van der Waals surface area contributed by atoms with Crippen LogP contribution in [0.15, 0.2) is 0 Å². The van der Waals surface area contributed by atoms with Gasteiger partial charge in [0.2, 0.25) is 0 Å². The molecule has 1 fully saturated rings. The van der Waals surface area contributed by atoms with Gasteiger partial charge in [-0.1, -0.05) is 6.92 Å². The average Bonchev–Trinajstić information content (AvgIpc) is 2.18. The second-order valence-electron chi connectivity index (χ2n) is 3.17. The van der Waals surface area contributed by atoms with Gasteiger partial charge in [0.15, 0.2) is 6.29 Å². The van der Waals surface area contributed by atoms with Gasteiger partial charge < -0.3 is 14.8 Å². The smallest absolute Gasteiger partial charge is 0.157 e. The maximum atomic E-state index is 5.41. The molecule has 0 spiro atoms. The summed E-state index contributed by atoms with van der Waals surface area (Å²) in [5.41, 5.74) is 0. The standard InChI is InChI=1S/C8H16O2.C2H7N/c1-2-6-9-8-5-3-4-7-10-8;1-3-2/h8H,2-7H2,1H3;3H,1-2H3. The van der Waals surface area contributed by atoms with Crippen molar-refractivity contribution >= 4 is 0 Å². The predicted octanol–water partition coefficient (Wildman–Crippen LogP) is 1.78. The Bertz CT molecular complexity index is 92.9. The molecule has 1 heterocycles. The summed E-state index contributed by atoms with van der Waals surface area (Å²) < 4.78 is 10.8. The number of rotatable bonds is 3. The Labute approximate surface area is 81.8 Å². The van der Waals surface area contributed by atoms with Crippen LogP contribution in [-0.2, 0) is 9.47 Å². The van der Waals surface area contributed by atoms with Crippen LogP contribution in [0, 0.1) is 0 Å². The number of nitrogens with one attached hydrogen (secondary N) is 1. The highest BCUT2D eigenvalue weighted by Crippen LogP contribution is 2.13. The maximum Gasteiger partial charge on any atom is 0.157 e. The van der Waals surface area contributed by atoms with Gasteiger partial charge in [0.25, 0.3) is 0 Å². The fraction of sp³-hybridized carbons (Fsp3) is 1.00. The van der Waals surface area contributed by atoms with Crippen molar-refractivity contribution in [2.24, 2.45) is 0 Å². The van der Waals surface area contributed by atoms with Crippen LogP contribution >= 0.6 is 0 Å². The molecule has 80 valence electrons. The Morgan fingerprint density at radius 2 is 2.08 bits per heavy atom. The Morgan fingerprint density at radius 1 is 1.38 bits per heavy atom. The molecule has 3 nitrogen and oxygen atoms in total. The van der Waals surface area contributed by atoms with E-state index in [2.05, 4.69) is 12.2 Å². The molecule has 0 saturated carbocycles. The van der Waals surface area contributed by atoms with E-state index in [0.717, 1.165) is 26.1 Å². The minimum absolute atomic E-state index is 0.105. The highest BCUT2D eigenvalue weighted by Gasteiger charge is 2.12. The van der Waals surface area contributed by atoms with Crippen LogP contribution in [0.25, 0.3) is 0 Å². The maximum absolute atomic E-state index is 5.41. The molecule has 1 aliphatic rings. The van der Waals surface area contributed by atoms with E-state index in [-0.39, 0.29) is 6.29 Å². The van der Waals surface area contributed by atoms with Gasteiger partial charge in [0.05, 0.1) is 0 Å². The van der Waals surface area contributed by atoms with Crippen LogP contribution in [-0.4, -0.2) is 33.6 Å². The summed E-state index contributed by atoms with van der Waals surface area (Å²) in [7, 11) is 3.75. The third-order valence-electron chi connectivity index (χ3n) is 1.65. The number of ether oxygens (including phenoxy) is 2. The summed E-state index contributed by atoms with van der Waals surface area (Å²) in [6, 6.07) is 0. The SMILES string of the molecule is CCCOC1CCCCO1.CNC. The molecule has 0 radical (unpaired) electrons. The Hall–Kier alpha value is -0.120. The highest BCUT2D eigenvalue weighted by atomic mass is 16.7. The molecule has 0 aromatic rings. The normalized spacial score (nSPS) is 21.9. The lowest BCUT2D eigenvalue weighted by Crippen LogP contribution is -2.22. The molecule has 0 aromatic carbocycles. The minimum Gasteiger partial charge on any atom is -0.353 e. The van der Waals surface area contributed by atoms with E-state index in [4.69, 9.17) is 9.47 Å². The topological polar surface area (TPSA) is 30.5 Å². The van der Waals surface area contributed by atoms with Crippen LogP contribution in [0.2, 0.25) is 0 Å². The second-order valence-corrected chi connectivity index (χ2v) is 3.17. The lowest BCUT2D eigenvalue weighted by atomic mass is 10.2. The van der Waals surface area contributed by atoms with E-state index >= 15 is 0 Å². The van der Waals surface area contributed by atoms with E-state index in [1.807, 2.05) is 14.1 Å². The third-order valence-corrected chi connectivity index (χ3v) is 1.65. The first-order valence-corrected chi connectivity index (χ1v) is 5.16. The molecule has 0 aliphatic carbocycles. The zero-order valence-corrected chi connectivity index (χ0v) is 9.14. The van der Waals surface area contributed by atoms with Crippen molar-refractivity contribution in [2.45, 2.75) is 38.9 Å². The van der Waals surface area contributed by atoms with Crippen molar-refractivity contribution < 1.29 is 9.47 Å². The van der Waals surface area contributed by atoms with Gasteiger partial charge in [-0.3, -0.25) is 0 Å². The van der Waals surface area contributed by atoms with Crippen LogP contribution in [0.5, 0.6) is 0 Å². The van der Waals surface area contributed by atoms with Crippen molar-refractivity contribution in [1.82, 2.24) is 5.32 Å². The van der Waals surface area contributed by atoms with Crippen LogP contribution in [0.1, 0.15) is 32.6 Å². The average molecular weight is 189 g/mol. The molecule has 1 atom stereocenters.